The normalized spacial score (nSPS) is 11.6. The summed E-state index contributed by atoms with van der Waals surface area (Å²) in [5.41, 5.74) is 2.85. The van der Waals surface area contributed by atoms with E-state index in [9.17, 15) is 15.3 Å². The molecule has 0 heterocycles. The Morgan fingerprint density at radius 2 is 1.68 bits per heavy atom. The van der Waals surface area contributed by atoms with Crippen LogP contribution in [-0.2, 0) is 11.4 Å². The molecule has 0 aliphatic carbocycles. The molecule has 1 atom stereocenters. The number of hydrogen-bond donors (Lipinski definition) is 1. The van der Waals surface area contributed by atoms with Crippen LogP contribution in [0.2, 0.25) is 0 Å². The number of nitrogens with one attached hydrogen (secondary N) is 1. The van der Waals surface area contributed by atoms with Crippen LogP contribution in [0.3, 0.4) is 0 Å². The summed E-state index contributed by atoms with van der Waals surface area (Å²) in [6.07, 6.45) is 1.51. The van der Waals surface area contributed by atoms with Gasteiger partial charge in [0.25, 0.3) is 5.91 Å². The molecule has 3 rings (SSSR count). The summed E-state index contributed by atoms with van der Waals surface area (Å²) in [6.45, 7) is 2.07. The maximum absolute atomic E-state index is 12.7. The van der Waals surface area contributed by atoms with Gasteiger partial charge in [-0.1, -0.05) is 66.7 Å². The second kappa shape index (κ2) is 10.4. The third kappa shape index (κ3) is 5.59. The second-order valence-corrected chi connectivity index (χ2v) is 6.87. The lowest BCUT2D eigenvalue weighted by Crippen LogP contribution is -2.27. The summed E-state index contributed by atoms with van der Waals surface area (Å²) >= 11 is 0. The zero-order chi connectivity index (χ0) is 22.1. The van der Waals surface area contributed by atoms with Gasteiger partial charge in [0.2, 0.25) is 0 Å². The lowest BCUT2D eigenvalue weighted by Gasteiger charge is -2.14. The van der Waals surface area contributed by atoms with Crippen LogP contribution >= 0.6 is 0 Å². The van der Waals surface area contributed by atoms with Crippen molar-refractivity contribution in [1.82, 2.24) is 5.32 Å². The van der Waals surface area contributed by atoms with Crippen molar-refractivity contribution >= 4 is 12.0 Å². The van der Waals surface area contributed by atoms with Crippen molar-refractivity contribution in [2.45, 2.75) is 19.6 Å². The fourth-order valence-electron chi connectivity index (χ4n) is 3.05. The highest BCUT2D eigenvalue weighted by atomic mass is 16.5. The van der Waals surface area contributed by atoms with Gasteiger partial charge >= 0.3 is 0 Å². The molecule has 0 aromatic heterocycles. The van der Waals surface area contributed by atoms with E-state index in [1.807, 2.05) is 61.5 Å². The summed E-state index contributed by atoms with van der Waals surface area (Å²) < 4.78 is 5.90. The standard InChI is InChI=1S/C26H21N3O2/c1-19(20-9-3-2-4-10-20)29-26(30)24(17-28)15-21-11-7-8-14-25(21)31-18-23-13-6-5-12-22(23)16-27/h2-15,19H,18H2,1H3,(H,29,30)/b24-15-/t19-/m0/s1. The molecule has 3 aromatic rings. The zero-order valence-electron chi connectivity index (χ0n) is 17.1. The minimum absolute atomic E-state index is 0.0174. The van der Waals surface area contributed by atoms with Gasteiger partial charge in [0.1, 0.15) is 24.0 Å². The Kier molecular flexibility index (Phi) is 7.19. The number of carbonyl (C=O) groups excluding carboxylic acids is 1. The number of nitrogens with zero attached hydrogens (tertiary/aromatic N) is 2. The van der Waals surface area contributed by atoms with Crippen molar-refractivity contribution in [3.8, 4) is 17.9 Å². The molecule has 0 bridgehead atoms. The molecular weight excluding hydrogens is 386 g/mol. The van der Waals surface area contributed by atoms with Gasteiger partial charge < -0.3 is 10.1 Å². The second-order valence-electron chi connectivity index (χ2n) is 6.87. The Balaban J connectivity index is 1.77. The van der Waals surface area contributed by atoms with Crippen LogP contribution in [0.5, 0.6) is 5.75 Å². The number of rotatable bonds is 7. The molecule has 1 amide bonds. The number of benzene rings is 3. The van der Waals surface area contributed by atoms with Gasteiger partial charge in [0, 0.05) is 11.1 Å². The SMILES string of the molecule is C[C@H](NC(=O)/C(C#N)=C\c1ccccc1OCc1ccccc1C#N)c1ccccc1. The van der Waals surface area contributed by atoms with Crippen LogP contribution in [0.1, 0.15) is 35.2 Å². The molecular formula is C26H21N3O2. The molecule has 0 radical (unpaired) electrons. The topological polar surface area (TPSA) is 85.9 Å². The summed E-state index contributed by atoms with van der Waals surface area (Å²) in [5.74, 6) is 0.0652. The predicted molar refractivity (Wildman–Crippen MR) is 119 cm³/mol. The Morgan fingerprint density at radius 1 is 1.00 bits per heavy atom. The molecule has 0 fully saturated rings. The highest BCUT2D eigenvalue weighted by Crippen LogP contribution is 2.23. The highest BCUT2D eigenvalue weighted by Gasteiger charge is 2.15. The van der Waals surface area contributed by atoms with Gasteiger partial charge in [0.15, 0.2) is 0 Å². The Morgan fingerprint density at radius 3 is 2.42 bits per heavy atom. The smallest absolute Gasteiger partial charge is 0.262 e. The van der Waals surface area contributed by atoms with Crippen LogP contribution in [0.4, 0.5) is 0 Å². The average molecular weight is 407 g/mol. The first-order valence-electron chi connectivity index (χ1n) is 9.80. The van der Waals surface area contributed by atoms with Crippen molar-refractivity contribution in [3.63, 3.8) is 0 Å². The largest absolute Gasteiger partial charge is 0.488 e. The molecule has 31 heavy (non-hydrogen) atoms. The minimum atomic E-state index is -0.455. The van der Waals surface area contributed by atoms with E-state index in [-0.39, 0.29) is 18.2 Å². The minimum Gasteiger partial charge on any atom is -0.488 e. The number of hydrogen-bond acceptors (Lipinski definition) is 4. The Hall–Kier alpha value is -4.35. The third-order valence-electron chi connectivity index (χ3n) is 4.75. The monoisotopic (exact) mass is 407 g/mol. The van der Waals surface area contributed by atoms with Crippen molar-refractivity contribution < 1.29 is 9.53 Å². The lowest BCUT2D eigenvalue weighted by molar-refractivity contribution is -0.117. The first-order valence-corrected chi connectivity index (χ1v) is 9.80. The maximum Gasteiger partial charge on any atom is 0.262 e. The molecule has 0 saturated carbocycles. The fourth-order valence-corrected chi connectivity index (χ4v) is 3.05. The van der Waals surface area contributed by atoms with E-state index in [2.05, 4.69) is 11.4 Å². The van der Waals surface area contributed by atoms with Crippen LogP contribution in [0.15, 0.2) is 84.4 Å². The summed E-state index contributed by atoms with van der Waals surface area (Å²) in [4.78, 5) is 12.7. The lowest BCUT2D eigenvalue weighted by atomic mass is 10.1. The average Bonchev–Trinajstić information content (AvgIpc) is 2.82. The van der Waals surface area contributed by atoms with Crippen molar-refractivity contribution in [2.75, 3.05) is 0 Å². The van der Waals surface area contributed by atoms with Crippen molar-refractivity contribution in [2.24, 2.45) is 0 Å². The first kappa shape index (κ1) is 21.4. The van der Waals surface area contributed by atoms with Gasteiger partial charge in [0.05, 0.1) is 17.7 Å². The summed E-state index contributed by atoms with van der Waals surface area (Å²) in [5, 5.41) is 21.6. The van der Waals surface area contributed by atoms with Gasteiger partial charge in [-0.3, -0.25) is 4.79 Å². The van der Waals surface area contributed by atoms with E-state index < -0.39 is 5.91 Å². The number of ether oxygens (including phenoxy) is 1. The van der Waals surface area contributed by atoms with E-state index in [0.29, 0.717) is 16.9 Å². The zero-order valence-corrected chi connectivity index (χ0v) is 17.1. The van der Waals surface area contributed by atoms with E-state index >= 15 is 0 Å². The van der Waals surface area contributed by atoms with Crippen LogP contribution in [-0.4, -0.2) is 5.91 Å². The van der Waals surface area contributed by atoms with Gasteiger partial charge in [-0.15, -0.1) is 0 Å². The molecule has 1 N–H and O–H groups in total. The molecule has 0 unspecified atom stereocenters. The summed E-state index contributed by atoms with van der Waals surface area (Å²) in [6, 6.07) is 27.8. The molecule has 5 heteroatoms. The van der Waals surface area contributed by atoms with Gasteiger partial charge in [-0.2, -0.15) is 10.5 Å². The number of para-hydroxylation sites is 1. The first-order chi connectivity index (χ1) is 15.1. The molecule has 0 spiro atoms. The van der Waals surface area contributed by atoms with Gasteiger partial charge in [-0.05, 0) is 30.7 Å². The molecule has 0 aliphatic rings. The van der Waals surface area contributed by atoms with E-state index in [0.717, 1.165) is 11.1 Å². The third-order valence-corrected chi connectivity index (χ3v) is 4.75. The maximum atomic E-state index is 12.7. The van der Waals surface area contributed by atoms with Crippen molar-refractivity contribution in [1.29, 1.82) is 10.5 Å². The molecule has 3 aromatic carbocycles. The van der Waals surface area contributed by atoms with Crippen LogP contribution < -0.4 is 10.1 Å². The molecule has 5 nitrogen and oxygen atoms in total. The fraction of sp³-hybridized carbons (Fsp3) is 0.115. The molecule has 0 saturated heterocycles. The van der Waals surface area contributed by atoms with E-state index in [4.69, 9.17) is 4.74 Å². The molecule has 0 aliphatic heterocycles. The van der Waals surface area contributed by atoms with Crippen LogP contribution in [0, 0.1) is 22.7 Å². The number of carbonyl (C=O) groups is 1. The summed E-state index contributed by atoms with van der Waals surface area (Å²) in [7, 11) is 0. The highest BCUT2D eigenvalue weighted by molar-refractivity contribution is 6.02. The Labute approximate surface area is 181 Å². The van der Waals surface area contributed by atoms with Gasteiger partial charge in [-0.25, -0.2) is 0 Å². The molecule has 152 valence electrons. The van der Waals surface area contributed by atoms with Crippen molar-refractivity contribution in [3.05, 3.63) is 107 Å². The Bertz CT molecular complexity index is 1170. The quantitative estimate of drug-likeness (QED) is 0.445. The van der Waals surface area contributed by atoms with E-state index in [1.165, 1.54) is 6.08 Å². The van der Waals surface area contributed by atoms with Crippen LogP contribution in [0.25, 0.3) is 6.08 Å². The van der Waals surface area contributed by atoms with E-state index in [1.54, 1.807) is 30.3 Å². The predicted octanol–water partition coefficient (Wildman–Crippen LogP) is 4.92. The number of amides is 1. The number of nitriles is 2.